The fourth-order valence-corrected chi connectivity index (χ4v) is 1.15. The van der Waals surface area contributed by atoms with Gasteiger partial charge >= 0.3 is 0 Å². The Balaban J connectivity index is 3.45. The van der Waals surface area contributed by atoms with Gasteiger partial charge in [-0.15, -0.1) is 0 Å². The highest BCUT2D eigenvalue weighted by Gasteiger charge is 2.04. The molecule has 13 heavy (non-hydrogen) atoms. The Labute approximate surface area is 80.5 Å². The Hall–Kier alpha value is -0.610. The monoisotopic (exact) mass is 187 g/mol. The van der Waals surface area contributed by atoms with E-state index in [2.05, 4.69) is 22.9 Å². The maximum absolute atomic E-state index is 10.7. The van der Waals surface area contributed by atoms with Crippen molar-refractivity contribution in [3.63, 3.8) is 0 Å². The molecule has 2 atom stereocenters. The van der Waals surface area contributed by atoms with Crippen LogP contribution in [0.5, 0.6) is 0 Å². The first kappa shape index (κ1) is 12.4. The molecule has 0 aliphatic carbocycles. The zero-order chi connectivity index (χ0) is 10.3. The third-order valence-corrected chi connectivity index (χ3v) is 1.73. The van der Waals surface area contributed by atoms with Gasteiger partial charge in [-0.2, -0.15) is 0 Å². The zero-order valence-electron chi connectivity index (χ0n) is 8.98. The number of likely N-dealkylation sites (N-methyl/N-ethyl adjacent to an activating group) is 1. The number of hydrogen-bond acceptors (Lipinski definition) is 3. The molecule has 0 unspecified atom stereocenters. The van der Waals surface area contributed by atoms with Crippen LogP contribution in [0.2, 0.25) is 0 Å². The van der Waals surface area contributed by atoms with E-state index in [0.29, 0.717) is 6.04 Å². The van der Waals surface area contributed by atoms with Gasteiger partial charge in [0, 0.05) is 32.1 Å². The van der Waals surface area contributed by atoms with Crippen molar-refractivity contribution in [2.24, 2.45) is 0 Å². The van der Waals surface area contributed by atoms with E-state index in [1.807, 2.05) is 14.0 Å². The smallest absolute Gasteiger partial charge is 0.217 e. The van der Waals surface area contributed by atoms with Gasteiger partial charge < -0.3 is 16.0 Å². The first-order chi connectivity index (χ1) is 6.06. The van der Waals surface area contributed by atoms with Crippen LogP contribution in [0.3, 0.4) is 0 Å². The molecule has 0 aliphatic rings. The van der Waals surface area contributed by atoms with Crippen molar-refractivity contribution in [1.82, 2.24) is 16.0 Å². The Morgan fingerprint density at radius 3 is 2.31 bits per heavy atom. The largest absolute Gasteiger partial charge is 0.353 e. The minimum absolute atomic E-state index is 0.0237. The summed E-state index contributed by atoms with van der Waals surface area (Å²) in [5.41, 5.74) is 0. The molecule has 0 bridgehead atoms. The Morgan fingerprint density at radius 1 is 1.23 bits per heavy atom. The van der Waals surface area contributed by atoms with Crippen LogP contribution in [0.25, 0.3) is 0 Å². The van der Waals surface area contributed by atoms with Gasteiger partial charge in [0.15, 0.2) is 0 Å². The number of nitrogens with one attached hydrogen (secondary N) is 3. The van der Waals surface area contributed by atoms with Crippen LogP contribution in [0.15, 0.2) is 0 Å². The van der Waals surface area contributed by atoms with E-state index in [-0.39, 0.29) is 11.9 Å². The van der Waals surface area contributed by atoms with E-state index in [0.717, 1.165) is 13.1 Å². The summed E-state index contributed by atoms with van der Waals surface area (Å²) in [6.07, 6.45) is 0. The van der Waals surface area contributed by atoms with E-state index in [1.165, 1.54) is 6.92 Å². The summed E-state index contributed by atoms with van der Waals surface area (Å²) < 4.78 is 0. The summed E-state index contributed by atoms with van der Waals surface area (Å²) in [4.78, 5) is 10.7. The molecule has 4 nitrogen and oxygen atoms in total. The molecule has 1 amide bonds. The molecule has 4 heteroatoms. The van der Waals surface area contributed by atoms with Gasteiger partial charge in [-0.25, -0.2) is 0 Å². The summed E-state index contributed by atoms with van der Waals surface area (Å²) >= 11 is 0. The molecule has 78 valence electrons. The van der Waals surface area contributed by atoms with Crippen molar-refractivity contribution in [1.29, 1.82) is 0 Å². The van der Waals surface area contributed by atoms with Crippen LogP contribution in [0.1, 0.15) is 20.8 Å². The average molecular weight is 187 g/mol. The molecular weight excluding hydrogens is 166 g/mol. The molecule has 0 rings (SSSR count). The minimum Gasteiger partial charge on any atom is -0.353 e. The average Bonchev–Trinajstić information content (AvgIpc) is 2.00. The highest BCUT2D eigenvalue weighted by atomic mass is 16.1. The molecule has 0 spiro atoms. The van der Waals surface area contributed by atoms with Gasteiger partial charge in [0.1, 0.15) is 0 Å². The molecule has 0 fully saturated rings. The van der Waals surface area contributed by atoms with Crippen LogP contribution < -0.4 is 16.0 Å². The highest BCUT2D eigenvalue weighted by Crippen LogP contribution is 1.82. The molecule has 0 aromatic rings. The second kappa shape index (κ2) is 6.86. The quantitative estimate of drug-likeness (QED) is 0.535. The lowest BCUT2D eigenvalue weighted by Crippen LogP contribution is -2.44. The van der Waals surface area contributed by atoms with Gasteiger partial charge in [0.05, 0.1) is 0 Å². The normalized spacial score (nSPS) is 15.1. The van der Waals surface area contributed by atoms with Crippen molar-refractivity contribution in [3.05, 3.63) is 0 Å². The van der Waals surface area contributed by atoms with E-state index >= 15 is 0 Å². The fraction of sp³-hybridized carbons (Fsp3) is 0.889. The zero-order valence-corrected chi connectivity index (χ0v) is 8.98. The summed E-state index contributed by atoms with van der Waals surface area (Å²) in [5, 5.41) is 9.21. The van der Waals surface area contributed by atoms with Crippen molar-refractivity contribution >= 4 is 5.91 Å². The molecule has 0 radical (unpaired) electrons. The molecule has 0 aromatic carbocycles. The lowest BCUT2D eigenvalue weighted by atomic mass is 10.3. The third-order valence-electron chi connectivity index (χ3n) is 1.73. The Bertz CT molecular complexity index is 150. The highest BCUT2D eigenvalue weighted by molar-refractivity contribution is 5.73. The maximum atomic E-state index is 10.7. The van der Waals surface area contributed by atoms with E-state index in [9.17, 15) is 4.79 Å². The molecule has 0 heterocycles. The first-order valence-corrected chi connectivity index (χ1v) is 4.71. The van der Waals surface area contributed by atoms with Gasteiger partial charge in [0.25, 0.3) is 0 Å². The van der Waals surface area contributed by atoms with Crippen LogP contribution in [-0.2, 0) is 4.79 Å². The van der Waals surface area contributed by atoms with Gasteiger partial charge in [-0.1, -0.05) is 0 Å². The summed E-state index contributed by atoms with van der Waals surface area (Å²) in [6.45, 7) is 7.38. The van der Waals surface area contributed by atoms with Gasteiger partial charge in [-0.3, -0.25) is 4.79 Å². The van der Waals surface area contributed by atoms with E-state index in [4.69, 9.17) is 0 Å². The number of carbonyl (C=O) groups is 1. The standard InChI is InChI=1S/C9H21N3O/c1-7(5-10-4)11-6-8(2)12-9(3)13/h7-8,10-11H,5-6H2,1-4H3,(H,12,13)/t7-,8-/m1/s1. The lowest BCUT2D eigenvalue weighted by molar-refractivity contribution is -0.119. The molecule has 0 aliphatic heterocycles. The predicted molar refractivity (Wildman–Crippen MR) is 54.7 cm³/mol. The number of rotatable bonds is 6. The van der Waals surface area contributed by atoms with Crippen LogP contribution in [0, 0.1) is 0 Å². The second-order valence-corrected chi connectivity index (χ2v) is 3.47. The molecule has 0 aromatic heterocycles. The summed E-state index contributed by atoms with van der Waals surface area (Å²) in [5.74, 6) is 0.0237. The van der Waals surface area contributed by atoms with Crippen LogP contribution >= 0.6 is 0 Å². The van der Waals surface area contributed by atoms with Crippen molar-refractivity contribution in [3.8, 4) is 0 Å². The number of hydrogen-bond donors (Lipinski definition) is 3. The summed E-state index contributed by atoms with van der Waals surface area (Å²) in [7, 11) is 1.93. The number of amides is 1. The fourth-order valence-electron chi connectivity index (χ4n) is 1.15. The van der Waals surface area contributed by atoms with Crippen molar-refractivity contribution < 1.29 is 4.79 Å². The topological polar surface area (TPSA) is 53.2 Å². The molecule has 3 N–H and O–H groups in total. The van der Waals surface area contributed by atoms with Crippen LogP contribution in [-0.4, -0.2) is 38.1 Å². The van der Waals surface area contributed by atoms with E-state index in [1.54, 1.807) is 0 Å². The Kier molecular flexibility index (Phi) is 6.54. The Morgan fingerprint density at radius 2 is 1.85 bits per heavy atom. The molecular formula is C9H21N3O. The van der Waals surface area contributed by atoms with Crippen molar-refractivity contribution in [2.45, 2.75) is 32.9 Å². The lowest BCUT2D eigenvalue weighted by Gasteiger charge is -2.17. The van der Waals surface area contributed by atoms with E-state index < -0.39 is 0 Å². The van der Waals surface area contributed by atoms with Gasteiger partial charge in [0.2, 0.25) is 5.91 Å². The molecule has 0 saturated heterocycles. The predicted octanol–water partition coefficient (Wildman–Crippen LogP) is -0.291. The van der Waals surface area contributed by atoms with Crippen molar-refractivity contribution in [2.75, 3.05) is 20.1 Å². The second-order valence-electron chi connectivity index (χ2n) is 3.47. The minimum atomic E-state index is 0.0237. The number of carbonyl (C=O) groups excluding carboxylic acids is 1. The maximum Gasteiger partial charge on any atom is 0.217 e. The van der Waals surface area contributed by atoms with Gasteiger partial charge in [-0.05, 0) is 20.9 Å². The first-order valence-electron chi connectivity index (χ1n) is 4.71. The summed E-state index contributed by atoms with van der Waals surface area (Å²) in [6, 6.07) is 0.623. The molecule has 0 saturated carbocycles. The van der Waals surface area contributed by atoms with Crippen LogP contribution in [0.4, 0.5) is 0 Å². The third kappa shape index (κ3) is 7.74. The SMILES string of the molecule is CNC[C@@H](C)NC[C@@H](C)NC(C)=O.